The van der Waals surface area contributed by atoms with Crippen LogP contribution in [0.2, 0.25) is 0 Å². The molecule has 0 saturated heterocycles. The molecule has 2 aliphatic carbocycles. The Morgan fingerprint density at radius 3 is 1.60 bits per heavy atom. The molecule has 0 aromatic heterocycles. The monoisotopic (exact) mass is 722 g/mol. The Morgan fingerprint density at radius 2 is 1.09 bits per heavy atom. The Morgan fingerprint density at radius 1 is 0.660 bits per heavy atom. The number of carbonyl (C=O) groups excluding carboxylic acids is 3. The van der Waals surface area contributed by atoms with Crippen LogP contribution in [-0.4, -0.2) is 34.9 Å². The van der Waals surface area contributed by atoms with Crippen LogP contribution >= 0.6 is 0 Å². The summed E-state index contributed by atoms with van der Waals surface area (Å²) in [5.74, 6) is -0.540. The molecule has 0 bridgehead atoms. The first-order valence-electron chi connectivity index (χ1n) is 19.4. The highest BCUT2D eigenvalue weighted by Gasteiger charge is 2.40. The maximum atomic E-state index is 13.2. The molecule has 2 unspecified atom stereocenters. The molecule has 1 N–H and O–H groups in total. The number of aliphatic hydroxyl groups is 1. The number of hydrogen-bond donors (Lipinski definition) is 1. The number of carbonyl (C=O) groups is 3. The highest BCUT2D eigenvalue weighted by atomic mass is 16.5. The third-order valence-electron chi connectivity index (χ3n) is 10.0. The first-order valence-corrected chi connectivity index (χ1v) is 19.4. The number of unbranched alkanes of at least 4 members (excludes halogenated alkanes) is 4. The lowest BCUT2D eigenvalue weighted by Gasteiger charge is -2.36. The van der Waals surface area contributed by atoms with E-state index in [2.05, 4.69) is 72.8 Å². The van der Waals surface area contributed by atoms with Crippen molar-refractivity contribution in [1.82, 2.24) is 0 Å². The Bertz CT molecular complexity index is 1670. The number of rotatable bonds is 17. The zero-order valence-electron chi connectivity index (χ0n) is 34.5. The molecule has 5 nitrogen and oxygen atoms in total. The summed E-state index contributed by atoms with van der Waals surface area (Å²) in [5.41, 5.74) is 7.10. The van der Waals surface area contributed by atoms with Crippen LogP contribution in [0.3, 0.4) is 0 Å². The molecule has 2 atom stereocenters. The summed E-state index contributed by atoms with van der Waals surface area (Å²) in [4.78, 5) is 37.9. The number of aliphatic hydroxyl groups excluding tert-OH is 1. The molecule has 0 aromatic rings. The van der Waals surface area contributed by atoms with E-state index in [1.165, 1.54) is 6.42 Å². The van der Waals surface area contributed by atoms with Crippen molar-refractivity contribution in [3.63, 3.8) is 0 Å². The highest BCUT2D eigenvalue weighted by molar-refractivity contribution is 6.02. The first-order chi connectivity index (χ1) is 24.9. The van der Waals surface area contributed by atoms with Crippen molar-refractivity contribution in [2.24, 2.45) is 10.8 Å². The predicted molar refractivity (Wildman–Crippen MR) is 222 cm³/mol. The van der Waals surface area contributed by atoms with Gasteiger partial charge in [0.05, 0.1) is 0 Å². The van der Waals surface area contributed by atoms with Crippen LogP contribution in [0.4, 0.5) is 0 Å². The van der Waals surface area contributed by atoms with E-state index in [4.69, 9.17) is 4.74 Å². The molecule has 53 heavy (non-hydrogen) atoms. The SMILES string of the molecule is CCCCCCCC(=O)OC1CC(C)(C)C(/C=C/C(C)=C/C=C/C(C)=C/C=C/C=C(C)/C=C/C=C(C)/C=C/C2=C(C)C(=O)C(O)CC2(C)C)=C(C)C1=O. The van der Waals surface area contributed by atoms with Crippen molar-refractivity contribution < 1.29 is 24.2 Å². The van der Waals surface area contributed by atoms with Crippen LogP contribution in [0, 0.1) is 10.8 Å². The summed E-state index contributed by atoms with van der Waals surface area (Å²) in [6.07, 6.45) is 33.5. The molecule has 0 heterocycles. The van der Waals surface area contributed by atoms with Crippen LogP contribution in [-0.2, 0) is 19.1 Å². The van der Waals surface area contributed by atoms with Gasteiger partial charge in [0, 0.05) is 12.8 Å². The minimum absolute atomic E-state index is 0.0921. The van der Waals surface area contributed by atoms with Gasteiger partial charge in [-0.05, 0) is 87.5 Å². The topological polar surface area (TPSA) is 80.7 Å². The lowest BCUT2D eigenvalue weighted by Crippen LogP contribution is -2.39. The average molecular weight is 723 g/mol. The van der Waals surface area contributed by atoms with Gasteiger partial charge in [0.1, 0.15) is 6.10 Å². The maximum absolute atomic E-state index is 13.2. The molecule has 5 heteroatoms. The fourth-order valence-electron chi connectivity index (χ4n) is 6.78. The normalized spacial score (nSPS) is 22.3. The predicted octanol–water partition coefficient (Wildman–Crippen LogP) is 11.8. The second-order valence-electron chi connectivity index (χ2n) is 16.1. The summed E-state index contributed by atoms with van der Waals surface area (Å²) in [6, 6.07) is 0. The first kappa shape index (κ1) is 45.1. The number of ether oxygens (including phenoxy) is 1. The molecule has 2 aliphatic rings. The largest absolute Gasteiger partial charge is 0.454 e. The summed E-state index contributed by atoms with van der Waals surface area (Å²) in [6.45, 7) is 22.3. The number of hydrogen-bond acceptors (Lipinski definition) is 5. The third kappa shape index (κ3) is 15.1. The molecular weight excluding hydrogens is 657 g/mol. The fourth-order valence-corrected chi connectivity index (χ4v) is 6.78. The van der Waals surface area contributed by atoms with Crippen molar-refractivity contribution in [1.29, 1.82) is 0 Å². The highest BCUT2D eigenvalue weighted by Crippen LogP contribution is 2.41. The van der Waals surface area contributed by atoms with Crippen LogP contribution in [0.1, 0.15) is 128 Å². The van der Waals surface area contributed by atoms with Crippen LogP contribution in [0.15, 0.2) is 130 Å². The van der Waals surface area contributed by atoms with Gasteiger partial charge in [0.2, 0.25) is 0 Å². The van der Waals surface area contributed by atoms with Gasteiger partial charge >= 0.3 is 5.97 Å². The van der Waals surface area contributed by atoms with Gasteiger partial charge in [0.25, 0.3) is 0 Å². The van der Waals surface area contributed by atoms with Crippen molar-refractivity contribution >= 4 is 17.5 Å². The Balaban J connectivity index is 1.94. The second kappa shape index (κ2) is 21.6. The summed E-state index contributed by atoms with van der Waals surface area (Å²) >= 11 is 0. The molecular formula is C48H66O5. The van der Waals surface area contributed by atoms with Crippen molar-refractivity contribution in [2.75, 3.05) is 0 Å². The Labute approximate surface area is 321 Å². The molecule has 0 fully saturated rings. The molecule has 0 aliphatic heterocycles. The summed E-state index contributed by atoms with van der Waals surface area (Å²) in [7, 11) is 0. The Hall–Kier alpha value is -4.09. The smallest absolute Gasteiger partial charge is 0.306 e. The van der Waals surface area contributed by atoms with E-state index in [0.717, 1.165) is 59.1 Å². The van der Waals surface area contributed by atoms with Crippen molar-refractivity contribution in [3.8, 4) is 0 Å². The molecule has 0 spiro atoms. The van der Waals surface area contributed by atoms with Crippen LogP contribution in [0.25, 0.3) is 0 Å². The molecule has 0 saturated carbocycles. The van der Waals surface area contributed by atoms with E-state index in [9.17, 15) is 19.5 Å². The van der Waals surface area contributed by atoms with Gasteiger partial charge in [-0.15, -0.1) is 0 Å². The number of esters is 1. The van der Waals surface area contributed by atoms with Gasteiger partial charge < -0.3 is 9.84 Å². The van der Waals surface area contributed by atoms with Gasteiger partial charge in [0.15, 0.2) is 17.7 Å². The minimum atomic E-state index is -0.912. The Kier molecular flexibility index (Phi) is 18.3. The molecule has 288 valence electrons. The van der Waals surface area contributed by atoms with E-state index in [-0.39, 0.29) is 28.4 Å². The lowest BCUT2D eigenvalue weighted by atomic mass is 9.71. The van der Waals surface area contributed by atoms with Gasteiger partial charge in [-0.2, -0.15) is 0 Å². The number of ketones is 2. The van der Waals surface area contributed by atoms with Gasteiger partial charge in [-0.25, -0.2) is 0 Å². The quantitative estimate of drug-likeness (QED) is 0.0918. The standard InChI is InChI=1S/C48H66O5/c1-12-13-14-15-16-27-44(50)53-43-33-48(10,11)41(39(7)46(43)52)31-29-37(5)26-20-24-35(3)22-18-17-21-34(2)23-19-25-36(4)28-30-40-38(6)45(51)42(49)32-47(40,8)9/h17-26,28-31,42-43,49H,12-16,27,32-33H2,1-11H3/b18-17+,23-19+,24-20+,30-28+,31-29+,34-21+,35-22+,36-25+,37-26+. The lowest BCUT2D eigenvalue weighted by molar-refractivity contribution is -0.156. The fraction of sp³-hybridized carbons (Fsp3) is 0.479. The zero-order valence-corrected chi connectivity index (χ0v) is 34.5. The van der Waals surface area contributed by atoms with Crippen LogP contribution < -0.4 is 0 Å². The van der Waals surface area contributed by atoms with E-state index in [0.29, 0.717) is 30.4 Å². The summed E-state index contributed by atoms with van der Waals surface area (Å²) in [5, 5.41) is 10.1. The number of allylic oxidation sites excluding steroid dienone is 20. The van der Waals surface area contributed by atoms with Crippen LogP contribution in [0.5, 0.6) is 0 Å². The molecule has 0 amide bonds. The second-order valence-corrected chi connectivity index (χ2v) is 16.1. The van der Waals surface area contributed by atoms with E-state index >= 15 is 0 Å². The average Bonchev–Trinajstić information content (AvgIpc) is 3.07. The molecule has 0 aromatic carbocycles. The minimum Gasteiger partial charge on any atom is -0.454 e. The third-order valence-corrected chi connectivity index (χ3v) is 10.0. The van der Waals surface area contributed by atoms with E-state index in [1.807, 2.05) is 81.5 Å². The van der Waals surface area contributed by atoms with E-state index in [1.54, 1.807) is 6.92 Å². The van der Waals surface area contributed by atoms with E-state index < -0.39 is 12.2 Å². The van der Waals surface area contributed by atoms with Crippen molar-refractivity contribution in [2.45, 2.75) is 140 Å². The molecule has 2 rings (SSSR count). The zero-order chi connectivity index (χ0) is 39.8. The summed E-state index contributed by atoms with van der Waals surface area (Å²) < 4.78 is 5.67. The maximum Gasteiger partial charge on any atom is 0.306 e. The van der Waals surface area contributed by atoms with Gasteiger partial charge in [-0.3, -0.25) is 14.4 Å². The number of Topliss-reactive ketones (excluding diaryl/α,β-unsaturated/α-hetero) is 2. The molecule has 0 radical (unpaired) electrons. The van der Waals surface area contributed by atoms with Gasteiger partial charge in [-0.1, -0.05) is 168 Å². The van der Waals surface area contributed by atoms with Crippen molar-refractivity contribution in [3.05, 3.63) is 130 Å².